The Labute approximate surface area is 58.9 Å². The first kappa shape index (κ1) is 139. The van der Waals surface area contributed by atoms with Gasteiger partial charge in [0.1, 0.15) is 0 Å². The van der Waals surface area contributed by atoms with Gasteiger partial charge in [0, 0.05) is 40.4 Å². The molecule has 0 fully saturated rings. The van der Waals surface area contributed by atoms with Crippen LogP contribution in [0, 0.1) is 40.4 Å². The molecule has 0 saturated carbocycles. The largest absolute Gasteiger partial charge is 0.269 e. The van der Waals surface area contributed by atoms with E-state index in [0.29, 0.717) is 0 Å². The summed E-state index contributed by atoms with van der Waals surface area (Å²) in [6.45, 7) is 0. The summed E-state index contributed by atoms with van der Waals surface area (Å²) in [6, 6.07) is 0. The molecule has 0 aromatic carbocycles. The van der Waals surface area contributed by atoms with Crippen LogP contribution in [-0.4, -0.2) is 0 Å². The van der Waals surface area contributed by atoms with Gasteiger partial charge in [-0.15, -0.1) is 0 Å². The number of rotatable bonds is 0. The molecular formula is H4F4Sm. The molecule has 0 saturated heterocycles. The van der Waals surface area contributed by atoms with E-state index in [2.05, 4.69) is 0 Å². The summed E-state index contributed by atoms with van der Waals surface area (Å²) in [6.07, 6.45) is 0. The third-order valence-electron chi connectivity index (χ3n) is 0. The van der Waals surface area contributed by atoms with Crippen LogP contribution >= 0.6 is 0 Å². The van der Waals surface area contributed by atoms with Crippen molar-refractivity contribution in [1.29, 1.82) is 0 Å². The molecule has 0 nitrogen and oxygen atoms in total. The summed E-state index contributed by atoms with van der Waals surface area (Å²) in [5, 5.41) is 0. The Bertz CT molecular complexity index is 3.61. The van der Waals surface area contributed by atoms with Crippen molar-refractivity contribution in [2.45, 2.75) is 0 Å². The molecule has 0 rings (SSSR count). The van der Waals surface area contributed by atoms with Gasteiger partial charge in [-0.2, -0.15) is 0 Å². The molecule has 5 heavy (non-hydrogen) atoms. The fourth-order valence-corrected chi connectivity index (χ4v) is 0. The van der Waals surface area contributed by atoms with Crippen molar-refractivity contribution in [3.05, 3.63) is 0 Å². The fraction of sp³-hybridized carbons (Fsp3) is 0. The molecule has 5 heteroatoms. The van der Waals surface area contributed by atoms with Gasteiger partial charge in [-0.3, -0.25) is 18.8 Å². The number of halogens is 4. The maximum absolute atomic E-state index is 0. The first-order chi connectivity index (χ1) is 0. The number of hydrogen-bond donors (Lipinski definition) is 0. The standard InChI is InChI=1S/4FH.Sm/h4*1H;. The molecule has 0 aromatic rings. The maximum atomic E-state index is 0. The predicted octanol–water partition coefficient (Wildman–Crippen LogP) is 0.610. The zero-order chi connectivity index (χ0) is 0. The van der Waals surface area contributed by atoms with E-state index in [1.165, 1.54) is 0 Å². The summed E-state index contributed by atoms with van der Waals surface area (Å²) in [7, 11) is 0. The Balaban J connectivity index is 0. The van der Waals surface area contributed by atoms with Crippen LogP contribution in [0.5, 0.6) is 0 Å². The Kier molecular flexibility index (Phi) is 2060. The van der Waals surface area contributed by atoms with E-state index >= 15 is 0 Å². The summed E-state index contributed by atoms with van der Waals surface area (Å²) in [4.78, 5) is 0. The van der Waals surface area contributed by atoms with E-state index in [1.54, 1.807) is 0 Å². The van der Waals surface area contributed by atoms with Crippen molar-refractivity contribution < 1.29 is 59.2 Å². The van der Waals surface area contributed by atoms with Gasteiger partial charge in [-0.1, -0.05) is 0 Å². The zero-order valence-corrected chi connectivity index (χ0v) is 4.66. The number of hydrogen-bond acceptors (Lipinski definition) is 0. The summed E-state index contributed by atoms with van der Waals surface area (Å²) < 4.78 is 0. The molecule has 0 amide bonds. The van der Waals surface area contributed by atoms with Crippen LogP contribution in [0.4, 0.5) is 18.8 Å². The van der Waals surface area contributed by atoms with Gasteiger partial charge in [0.15, 0.2) is 0 Å². The fourth-order valence-electron chi connectivity index (χ4n) is 0. The van der Waals surface area contributed by atoms with E-state index in [1.807, 2.05) is 0 Å². The molecule has 0 heterocycles. The van der Waals surface area contributed by atoms with Gasteiger partial charge in [-0.25, -0.2) is 0 Å². The van der Waals surface area contributed by atoms with Crippen molar-refractivity contribution in [2.24, 2.45) is 0 Å². The third kappa shape index (κ3) is 42.3. The molecule has 0 aromatic heterocycles. The first-order valence-corrected chi connectivity index (χ1v) is 0. The summed E-state index contributed by atoms with van der Waals surface area (Å²) in [5.74, 6) is 0. The van der Waals surface area contributed by atoms with Gasteiger partial charge < -0.3 is 0 Å². The van der Waals surface area contributed by atoms with E-state index in [9.17, 15) is 0 Å². The molecule has 0 N–H and O–H groups in total. The molecule has 0 unspecified atom stereocenters. The third-order valence-corrected chi connectivity index (χ3v) is 0. The summed E-state index contributed by atoms with van der Waals surface area (Å²) >= 11 is 0. The van der Waals surface area contributed by atoms with Crippen molar-refractivity contribution in [3.8, 4) is 0 Å². The minimum Gasteiger partial charge on any atom is -0.269 e. The topological polar surface area (TPSA) is 0 Å². The molecule has 0 radical (unpaired) electrons. The van der Waals surface area contributed by atoms with E-state index < -0.39 is 0 Å². The minimum atomic E-state index is 0. The van der Waals surface area contributed by atoms with Crippen LogP contribution in [0.3, 0.4) is 0 Å². The monoisotopic (exact) mass is 232 g/mol. The van der Waals surface area contributed by atoms with E-state index in [4.69, 9.17) is 0 Å². The smallest absolute Gasteiger partial charge is 0 e. The minimum absolute atomic E-state index is 0. The van der Waals surface area contributed by atoms with Crippen molar-refractivity contribution in [2.75, 3.05) is 0 Å². The molecular weight excluding hydrogens is 226 g/mol. The Morgan fingerprint density at radius 1 is 0.400 bits per heavy atom. The van der Waals surface area contributed by atoms with Crippen molar-refractivity contribution in [1.82, 2.24) is 0 Å². The molecule has 0 bridgehead atoms. The predicted molar refractivity (Wildman–Crippen MR) is 10.0 cm³/mol. The zero-order valence-electron chi connectivity index (χ0n) is 2.04. The van der Waals surface area contributed by atoms with Gasteiger partial charge in [0.05, 0.1) is 0 Å². The average molecular weight is 230 g/mol. The van der Waals surface area contributed by atoms with Crippen LogP contribution in [0.1, 0.15) is 0 Å². The summed E-state index contributed by atoms with van der Waals surface area (Å²) in [5.41, 5.74) is 0. The second kappa shape index (κ2) is 74.4. The molecule has 38 valence electrons. The SMILES string of the molecule is F.F.F.F.[Sm]. The quantitative estimate of drug-likeness (QED) is 0.535. The van der Waals surface area contributed by atoms with Crippen molar-refractivity contribution in [3.63, 3.8) is 0 Å². The second-order valence-corrected chi connectivity index (χ2v) is 0. The second-order valence-electron chi connectivity index (χ2n) is 0. The van der Waals surface area contributed by atoms with Crippen LogP contribution in [0.2, 0.25) is 0 Å². The Morgan fingerprint density at radius 3 is 0.400 bits per heavy atom. The molecule has 0 aliphatic heterocycles. The van der Waals surface area contributed by atoms with Gasteiger partial charge >= 0.3 is 0 Å². The van der Waals surface area contributed by atoms with Crippen LogP contribution < -0.4 is 0 Å². The van der Waals surface area contributed by atoms with Crippen LogP contribution in [-0.2, 0) is 0 Å². The van der Waals surface area contributed by atoms with Gasteiger partial charge in [0.2, 0.25) is 0 Å². The molecule has 0 aliphatic carbocycles. The first-order valence-electron chi connectivity index (χ1n) is 0. The Hall–Kier alpha value is 1.06. The van der Waals surface area contributed by atoms with E-state index in [-0.39, 0.29) is 59.2 Å². The van der Waals surface area contributed by atoms with Crippen LogP contribution in [0.15, 0.2) is 0 Å². The molecule has 0 spiro atoms. The van der Waals surface area contributed by atoms with Gasteiger partial charge in [-0.05, 0) is 0 Å². The molecule has 0 atom stereocenters. The molecule has 0 aliphatic rings. The van der Waals surface area contributed by atoms with E-state index in [0.717, 1.165) is 0 Å². The van der Waals surface area contributed by atoms with Crippen LogP contribution in [0.25, 0.3) is 0 Å². The Morgan fingerprint density at radius 2 is 0.400 bits per heavy atom. The normalized spacial score (nSPS) is 0. The maximum Gasteiger partial charge on any atom is 0 e. The average Bonchev–Trinajstić information content (AvgIpc) is 0. The van der Waals surface area contributed by atoms with Crippen molar-refractivity contribution >= 4 is 0 Å². The van der Waals surface area contributed by atoms with Gasteiger partial charge in [0.25, 0.3) is 0 Å².